The minimum absolute atomic E-state index is 0.0332. The van der Waals surface area contributed by atoms with Crippen LogP contribution in [0.3, 0.4) is 0 Å². The minimum atomic E-state index is -0.0332. The van der Waals surface area contributed by atoms with E-state index < -0.39 is 0 Å². The van der Waals surface area contributed by atoms with E-state index in [2.05, 4.69) is 71.7 Å². The predicted molar refractivity (Wildman–Crippen MR) is 137 cm³/mol. The molecule has 1 aliphatic carbocycles. The molecule has 0 saturated heterocycles. The summed E-state index contributed by atoms with van der Waals surface area (Å²) in [5.41, 5.74) is 3.39. The number of carbonyl (C=O) groups is 1. The molecule has 1 saturated carbocycles. The lowest BCUT2D eigenvalue weighted by Gasteiger charge is -2.39. The van der Waals surface area contributed by atoms with Crippen LogP contribution in [0.5, 0.6) is 0 Å². The maximum Gasteiger partial charge on any atom is 0.251 e. The molecule has 4 heteroatoms. The number of amides is 1. The zero-order chi connectivity index (χ0) is 23.0. The quantitative estimate of drug-likeness (QED) is 0.404. The van der Waals surface area contributed by atoms with E-state index in [9.17, 15) is 4.79 Å². The van der Waals surface area contributed by atoms with E-state index in [1.165, 1.54) is 41.3 Å². The molecule has 0 bridgehead atoms. The van der Waals surface area contributed by atoms with Crippen LogP contribution >= 0.6 is 0 Å². The van der Waals surface area contributed by atoms with Crippen molar-refractivity contribution in [2.45, 2.75) is 57.4 Å². The molecule has 1 amide bonds. The minimum Gasteiger partial charge on any atom is -0.396 e. The van der Waals surface area contributed by atoms with Crippen LogP contribution < -0.4 is 10.2 Å². The number of fused-ring (bicyclic) bond motifs is 1. The van der Waals surface area contributed by atoms with E-state index in [4.69, 9.17) is 5.11 Å². The van der Waals surface area contributed by atoms with Crippen LogP contribution in [-0.2, 0) is 0 Å². The van der Waals surface area contributed by atoms with Gasteiger partial charge in [-0.05, 0) is 74.1 Å². The Balaban J connectivity index is 1.45. The van der Waals surface area contributed by atoms with Crippen molar-refractivity contribution in [3.05, 3.63) is 77.9 Å². The number of aliphatic hydroxyl groups is 1. The van der Waals surface area contributed by atoms with Gasteiger partial charge in [0.05, 0.1) is 0 Å². The first-order valence-corrected chi connectivity index (χ1v) is 12.4. The monoisotopic (exact) mass is 444 g/mol. The Bertz CT molecular complexity index is 1040. The Morgan fingerprint density at radius 3 is 2.58 bits per heavy atom. The molecule has 3 aromatic carbocycles. The summed E-state index contributed by atoms with van der Waals surface area (Å²) in [5, 5.41) is 14.4. The Kier molecular flexibility index (Phi) is 8.01. The Morgan fingerprint density at radius 1 is 1.00 bits per heavy atom. The summed E-state index contributed by atoms with van der Waals surface area (Å²) in [6.45, 7) is 4.04. The number of nitrogens with zero attached hydrogens (tertiary/aromatic N) is 1. The average molecular weight is 445 g/mol. The van der Waals surface area contributed by atoms with E-state index in [0.717, 1.165) is 25.8 Å². The van der Waals surface area contributed by atoms with Crippen molar-refractivity contribution < 1.29 is 9.90 Å². The highest BCUT2D eigenvalue weighted by atomic mass is 16.3. The summed E-state index contributed by atoms with van der Waals surface area (Å²) in [6, 6.07) is 24.0. The third-order valence-electron chi connectivity index (χ3n) is 7.02. The molecule has 174 valence electrons. The summed E-state index contributed by atoms with van der Waals surface area (Å²) in [5.74, 6) is 0.489. The highest BCUT2D eigenvalue weighted by Crippen LogP contribution is 2.38. The number of carbonyl (C=O) groups excluding carboxylic acids is 1. The number of unbranched alkanes of at least 4 members (excludes halogenated alkanes) is 1. The van der Waals surface area contributed by atoms with Crippen LogP contribution in [-0.4, -0.2) is 36.8 Å². The van der Waals surface area contributed by atoms with Gasteiger partial charge in [0.1, 0.15) is 0 Å². The van der Waals surface area contributed by atoms with E-state index >= 15 is 0 Å². The van der Waals surface area contributed by atoms with Crippen molar-refractivity contribution in [1.29, 1.82) is 0 Å². The van der Waals surface area contributed by atoms with Crippen LogP contribution in [0.25, 0.3) is 10.8 Å². The third-order valence-corrected chi connectivity index (χ3v) is 7.02. The molecule has 1 aliphatic rings. The van der Waals surface area contributed by atoms with Crippen LogP contribution in [0.15, 0.2) is 66.7 Å². The van der Waals surface area contributed by atoms with E-state index in [1.807, 2.05) is 12.1 Å². The fraction of sp³-hybridized carbons (Fsp3) is 0.414. The second-order valence-electron chi connectivity index (χ2n) is 9.11. The van der Waals surface area contributed by atoms with Crippen molar-refractivity contribution in [2.75, 3.05) is 24.6 Å². The topological polar surface area (TPSA) is 52.6 Å². The molecular weight excluding hydrogens is 408 g/mol. The molecule has 4 rings (SSSR count). The van der Waals surface area contributed by atoms with Crippen LogP contribution in [0.1, 0.15) is 67.3 Å². The number of nitrogens with one attached hydrogen (secondary N) is 1. The predicted octanol–water partition coefficient (Wildman–Crippen LogP) is 5.89. The van der Waals surface area contributed by atoms with Gasteiger partial charge in [-0.25, -0.2) is 0 Å². The van der Waals surface area contributed by atoms with Crippen LogP contribution in [0.2, 0.25) is 0 Å². The average Bonchev–Trinajstić information content (AvgIpc) is 2.87. The summed E-state index contributed by atoms with van der Waals surface area (Å²) in [6.07, 6.45) is 6.32. The second kappa shape index (κ2) is 11.3. The number of anilines is 1. The van der Waals surface area contributed by atoms with Gasteiger partial charge in [-0.3, -0.25) is 4.79 Å². The molecule has 3 aromatic rings. The lowest BCUT2D eigenvalue weighted by atomic mass is 9.80. The molecule has 2 unspecified atom stereocenters. The normalized spacial score (nSPS) is 18.2. The fourth-order valence-electron chi connectivity index (χ4n) is 5.28. The highest BCUT2D eigenvalue weighted by Gasteiger charge is 2.28. The standard InChI is InChI=1S/C29H36N2O2/c1-2-31(28-14-8-10-23-9-3-4-13-27(23)28)26-12-7-11-25(21-26)22-15-17-24(18-16-22)29(33)30-19-5-6-20-32/h3-4,8-10,13-18,25-26,32H,2,5-7,11-12,19-21H2,1H3,(H,30,33). The van der Waals surface area contributed by atoms with Gasteiger partial charge >= 0.3 is 0 Å². The number of rotatable bonds is 9. The van der Waals surface area contributed by atoms with Crippen molar-refractivity contribution >= 4 is 22.4 Å². The van der Waals surface area contributed by atoms with E-state index in [-0.39, 0.29) is 12.5 Å². The van der Waals surface area contributed by atoms with Gasteiger partial charge in [0, 0.05) is 42.4 Å². The summed E-state index contributed by atoms with van der Waals surface area (Å²) in [4.78, 5) is 15.0. The van der Waals surface area contributed by atoms with E-state index in [1.54, 1.807) is 0 Å². The zero-order valence-electron chi connectivity index (χ0n) is 19.7. The molecule has 0 heterocycles. The van der Waals surface area contributed by atoms with Gasteiger partial charge in [-0.2, -0.15) is 0 Å². The van der Waals surface area contributed by atoms with Crippen LogP contribution in [0, 0.1) is 0 Å². The maximum absolute atomic E-state index is 12.4. The van der Waals surface area contributed by atoms with Gasteiger partial charge in [-0.1, -0.05) is 55.0 Å². The highest BCUT2D eigenvalue weighted by molar-refractivity contribution is 5.95. The van der Waals surface area contributed by atoms with Gasteiger partial charge in [0.15, 0.2) is 0 Å². The molecule has 0 aromatic heterocycles. The molecule has 4 nitrogen and oxygen atoms in total. The van der Waals surface area contributed by atoms with Gasteiger partial charge < -0.3 is 15.3 Å². The third kappa shape index (κ3) is 5.56. The SMILES string of the molecule is CCN(c1cccc2ccccc12)C1CCCC(c2ccc(C(=O)NCCCCO)cc2)C1. The first-order chi connectivity index (χ1) is 16.2. The van der Waals surface area contributed by atoms with E-state index in [0.29, 0.717) is 24.1 Å². The van der Waals surface area contributed by atoms with Crippen molar-refractivity contribution in [3.8, 4) is 0 Å². The number of hydrogen-bond donors (Lipinski definition) is 2. The smallest absolute Gasteiger partial charge is 0.251 e. The number of hydrogen-bond acceptors (Lipinski definition) is 3. The fourth-order valence-corrected chi connectivity index (χ4v) is 5.28. The molecule has 2 atom stereocenters. The first-order valence-electron chi connectivity index (χ1n) is 12.4. The molecule has 33 heavy (non-hydrogen) atoms. The van der Waals surface area contributed by atoms with Crippen LogP contribution in [0.4, 0.5) is 5.69 Å². The second-order valence-corrected chi connectivity index (χ2v) is 9.11. The number of benzene rings is 3. The molecule has 2 N–H and O–H groups in total. The molecule has 0 radical (unpaired) electrons. The van der Waals surface area contributed by atoms with Crippen molar-refractivity contribution in [1.82, 2.24) is 5.32 Å². The lowest BCUT2D eigenvalue weighted by molar-refractivity contribution is 0.0952. The molecule has 1 fully saturated rings. The molecular formula is C29H36N2O2. The number of aliphatic hydroxyl groups excluding tert-OH is 1. The lowest BCUT2D eigenvalue weighted by Crippen LogP contribution is -2.38. The zero-order valence-corrected chi connectivity index (χ0v) is 19.7. The largest absolute Gasteiger partial charge is 0.396 e. The molecule has 0 spiro atoms. The summed E-state index contributed by atoms with van der Waals surface area (Å²) < 4.78 is 0. The summed E-state index contributed by atoms with van der Waals surface area (Å²) >= 11 is 0. The van der Waals surface area contributed by atoms with Gasteiger partial charge in [-0.15, -0.1) is 0 Å². The van der Waals surface area contributed by atoms with Gasteiger partial charge in [0.25, 0.3) is 5.91 Å². The molecule has 0 aliphatic heterocycles. The first kappa shape index (κ1) is 23.3. The Morgan fingerprint density at radius 2 is 1.79 bits per heavy atom. The Labute approximate surface area is 197 Å². The Hall–Kier alpha value is -2.85. The maximum atomic E-state index is 12.4. The van der Waals surface area contributed by atoms with Crippen molar-refractivity contribution in [3.63, 3.8) is 0 Å². The van der Waals surface area contributed by atoms with Crippen molar-refractivity contribution in [2.24, 2.45) is 0 Å². The summed E-state index contributed by atoms with van der Waals surface area (Å²) in [7, 11) is 0. The van der Waals surface area contributed by atoms with Gasteiger partial charge in [0.2, 0.25) is 0 Å².